The molecule has 0 aromatic carbocycles. The van der Waals surface area contributed by atoms with Gasteiger partial charge in [-0.1, -0.05) is 0 Å². The second-order valence-corrected chi connectivity index (χ2v) is 6.86. The number of esters is 3. The van der Waals surface area contributed by atoms with Gasteiger partial charge in [-0.05, 0) is 34.6 Å². The summed E-state index contributed by atoms with van der Waals surface area (Å²) < 4.78 is 28.6. The molecule has 3 unspecified atom stereocenters. The fraction of sp³-hybridized carbons (Fsp3) is 0.700. The highest BCUT2D eigenvalue weighted by atomic mass is 16.7. The summed E-state index contributed by atoms with van der Waals surface area (Å²) in [4.78, 5) is 69.9. The number of ketones is 2. The van der Waals surface area contributed by atoms with Gasteiger partial charge in [0.2, 0.25) is 0 Å². The molecule has 0 aromatic rings. The molecule has 0 fully saturated rings. The number of hydrogen-bond donors (Lipinski definition) is 0. The Kier molecular flexibility index (Phi) is 13.5. The summed E-state index contributed by atoms with van der Waals surface area (Å²) in [6.45, 7) is 6.53. The largest absolute Gasteiger partial charge is 0.509 e. The fourth-order valence-corrected chi connectivity index (χ4v) is 1.85. The van der Waals surface area contributed by atoms with Gasteiger partial charge in [0.15, 0.2) is 29.9 Å². The lowest BCUT2D eigenvalue weighted by Crippen LogP contribution is -2.31. The van der Waals surface area contributed by atoms with E-state index in [1.165, 1.54) is 27.9 Å². The van der Waals surface area contributed by atoms with Crippen molar-refractivity contribution >= 4 is 35.6 Å². The van der Waals surface area contributed by atoms with Gasteiger partial charge in [-0.3, -0.25) is 19.2 Å². The Morgan fingerprint density at radius 3 is 1.47 bits per heavy atom. The Balaban J connectivity index is 4.15. The Morgan fingerprint density at radius 1 is 0.625 bits per heavy atom. The molecule has 0 saturated heterocycles. The zero-order chi connectivity index (χ0) is 24.8. The van der Waals surface area contributed by atoms with E-state index in [0.29, 0.717) is 0 Å². The lowest BCUT2D eigenvalue weighted by molar-refractivity contribution is -0.164. The molecule has 3 atom stereocenters. The predicted molar refractivity (Wildman–Crippen MR) is 105 cm³/mol. The van der Waals surface area contributed by atoms with E-state index >= 15 is 0 Å². The first kappa shape index (κ1) is 29.0. The molecule has 32 heavy (non-hydrogen) atoms. The quantitative estimate of drug-likeness (QED) is 0.156. The molecule has 0 amide bonds. The van der Waals surface area contributed by atoms with Crippen LogP contribution in [-0.2, 0) is 52.4 Å². The standard InChI is InChI=1S/C20H30O12/c1-11(2)30-20(26)32-13(4)16(22)10-18(24)29-8-7-28-17(23)9-15(21)12(3)31-19(25)14(5)27-6/h11-14H,7-10H2,1-6H3. The van der Waals surface area contributed by atoms with Crippen LogP contribution in [0.3, 0.4) is 0 Å². The average molecular weight is 462 g/mol. The smallest absolute Gasteiger partial charge is 0.462 e. The summed E-state index contributed by atoms with van der Waals surface area (Å²) >= 11 is 0. The maximum atomic E-state index is 11.9. The highest BCUT2D eigenvalue weighted by Crippen LogP contribution is 2.04. The molecule has 0 heterocycles. The summed E-state index contributed by atoms with van der Waals surface area (Å²) in [5.41, 5.74) is 0. The summed E-state index contributed by atoms with van der Waals surface area (Å²) in [5, 5.41) is 0. The molecule has 0 saturated carbocycles. The van der Waals surface area contributed by atoms with E-state index in [-0.39, 0.29) is 13.2 Å². The van der Waals surface area contributed by atoms with Crippen LogP contribution in [0.2, 0.25) is 0 Å². The molecule has 0 aliphatic heterocycles. The van der Waals surface area contributed by atoms with Gasteiger partial charge in [-0.15, -0.1) is 0 Å². The zero-order valence-corrected chi connectivity index (χ0v) is 19.0. The van der Waals surface area contributed by atoms with Gasteiger partial charge in [-0.2, -0.15) is 0 Å². The minimum absolute atomic E-state index is 0.353. The summed E-state index contributed by atoms with van der Waals surface area (Å²) in [5.74, 6) is -3.96. The second-order valence-electron chi connectivity index (χ2n) is 6.86. The van der Waals surface area contributed by atoms with Crippen molar-refractivity contribution in [1.82, 2.24) is 0 Å². The Morgan fingerprint density at radius 2 is 1.06 bits per heavy atom. The molecule has 0 rings (SSSR count). The van der Waals surface area contributed by atoms with Crippen LogP contribution in [0.25, 0.3) is 0 Å². The monoisotopic (exact) mass is 462 g/mol. The van der Waals surface area contributed by atoms with Gasteiger partial charge < -0.3 is 28.4 Å². The van der Waals surface area contributed by atoms with Crippen LogP contribution in [0.1, 0.15) is 47.5 Å². The van der Waals surface area contributed by atoms with Crippen molar-refractivity contribution in [2.75, 3.05) is 20.3 Å². The van der Waals surface area contributed by atoms with Gasteiger partial charge >= 0.3 is 24.1 Å². The Bertz CT molecular complexity index is 684. The molecule has 0 aliphatic carbocycles. The van der Waals surface area contributed by atoms with Crippen LogP contribution >= 0.6 is 0 Å². The first-order chi connectivity index (χ1) is 14.9. The SMILES string of the molecule is COC(C)C(=O)OC(C)C(=O)CC(=O)OCCOC(=O)CC(=O)C(C)OC(=O)OC(C)C. The van der Waals surface area contributed by atoms with Crippen LogP contribution in [-0.4, -0.2) is 80.4 Å². The van der Waals surface area contributed by atoms with Crippen LogP contribution < -0.4 is 0 Å². The molecule has 0 N–H and O–H groups in total. The zero-order valence-electron chi connectivity index (χ0n) is 19.0. The fourth-order valence-electron chi connectivity index (χ4n) is 1.85. The lowest BCUT2D eigenvalue weighted by atomic mass is 10.2. The first-order valence-corrected chi connectivity index (χ1v) is 9.84. The normalized spacial score (nSPS) is 13.3. The van der Waals surface area contributed by atoms with Gasteiger partial charge in [-0.25, -0.2) is 9.59 Å². The topological polar surface area (TPSA) is 158 Å². The molecule has 0 bridgehead atoms. The maximum Gasteiger partial charge on any atom is 0.509 e. The van der Waals surface area contributed by atoms with Crippen molar-refractivity contribution in [3.63, 3.8) is 0 Å². The summed E-state index contributed by atoms with van der Waals surface area (Å²) in [6.07, 6.45) is -6.01. The number of carbonyl (C=O) groups is 6. The molecule has 12 heteroatoms. The molecule has 182 valence electrons. The van der Waals surface area contributed by atoms with Crippen molar-refractivity contribution in [3.05, 3.63) is 0 Å². The molecule has 0 aliphatic rings. The van der Waals surface area contributed by atoms with Crippen molar-refractivity contribution < 1.29 is 57.2 Å². The van der Waals surface area contributed by atoms with Crippen LogP contribution in [0.4, 0.5) is 4.79 Å². The minimum atomic E-state index is -1.21. The molecule has 0 radical (unpaired) electrons. The molecule has 0 spiro atoms. The number of rotatable bonds is 14. The highest BCUT2D eigenvalue weighted by molar-refractivity contribution is 5.99. The predicted octanol–water partition coefficient (Wildman–Crippen LogP) is 0.908. The Labute approximate surface area is 185 Å². The number of Topliss-reactive ketones (excluding diaryl/α,β-unsaturated/α-hetero) is 2. The minimum Gasteiger partial charge on any atom is -0.462 e. The van der Waals surface area contributed by atoms with Gasteiger partial charge in [0, 0.05) is 7.11 Å². The maximum absolute atomic E-state index is 11.9. The first-order valence-electron chi connectivity index (χ1n) is 9.84. The van der Waals surface area contributed by atoms with Crippen molar-refractivity contribution in [1.29, 1.82) is 0 Å². The van der Waals surface area contributed by atoms with E-state index in [9.17, 15) is 28.8 Å². The van der Waals surface area contributed by atoms with Crippen molar-refractivity contribution in [2.45, 2.75) is 71.9 Å². The number of hydrogen-bond acceptors (Lipinski definition) is 12. The summed E-state index contributed by atoms with van der Waals surface area (Å²) in [7, 11) is 1.30. The molecule has 0 aromatic heterocycles. The second kappa shape index (κ2) is 14.9. The van der Waals surface area contributed by atoms with Crippen LogP contribution in [0.5, 0.6) is 0 Å². The van der Waals surface area contributed by atoms with Crippen molar-refractivity contribution in [3.8, 4) is 0 Å². The van der Waals surface area contributed by atoms with Crippen LogP contribution in [0, 0.1) is 0 Å². The van der Waals surface area contributed by atoms with E-state index in [2.05, 4.69) is 0 Å². The van der Waals surface area contributed by atoms with Gasteiger partial charge in [0.25, 0.3) is 0 Å². The third-order valence-corrected chi connectivity index (χ3v) is 3.74. The third kappa shape index (κ3) is 12.6. The third-order valence-electron chi connectivity index (χ3n) is 3.74. The molecular weight excluding hydrogens is 432 g/mol. The Hall–Kier alpha value is -3.02. The van der Waals surface area contributed by atoms with E-state index in [4.69, 9.17) is 28.4 Å². The highest BCUT2D eigenvalue weighted by Gasteiger charge is 2.25. The summed E-state index contributed by atoms with van der Waals surface area (Å²) in [6, 6.07) is 0. The lowest BCUT2D eigenvalue weighted by Gasteiger charge is -2.15. The molecule has 12 nitrogen and oxygen atoms in total. The number of methoxy groups -OCH3 is 1. The van der Waals surface area contributed by atoms with Crippen LogP contribution in [0.15, 0.2) is 0 Å². The van der Waals surface area contributed by atoms with Gasteiger partial charge in [0.05, 0.1) is 6.10 Å². The number of ether oxygens (including phenoxy) is 6. The molecular formula is C20H30O12. The van der Waals surface area contributed by atoms with Crippen molar-refractivity contribution in [2.24, 2.45) is 0 Å². The van der Waals surface area contributed by atoms with E-state index in [1.807, 2.05) is 0 Å². The van der Waals surface area contributed by atoms with E-state index in [0.717, 1.165) is 0 Å². The van der Waals surface area contributed by atoms with Gasteiger partial charge in [0.1, 0.15) is 26.1 Å². The van der Waals surface area contributed by atoms with E-state index < -0.39 is 72.9 Å². The number of carbonyl (C=O) groups excluding carboxylic acids is 6. The average Bonchev–Trinajstić information content (AvgIpc) is 2.69. The van der Waals surface area contributed by atoms with E-state index in [1.54, 1.807) is 13.8 Å².